The predicted octanol–water partition coefficient (Wildman–Crippen LogP) is 2.16. The van der Waals surface area contributed by atoms with Crippen LogP contribution in [0.15, 0.2) is 0 Å². The van der Waals surface area contributed by atoms with Crippen LogP contribution >= 0.6 is 0 Å². The van der Waals surface area contributed by atoms with Crippen LogP contribution in [0, 0.1) is 5.41 Å². The molecule has 0 bridgehead atoms. The number of hydrogen-bond acceptors (Lipinski definition) is 3. The standard InChI is InChI=1S/C13H30N2O/c1-5-6-12(14)7-9-15-11-13(2,3)8-10-16-4/h12,15H,5-11,14H2,1-4H3. The van der Waals surface area contributed by atoms with Crippen LogP contribution in [0.25, 0.3) is 0 Å². The van der Waals surface area contributed by atoms with E-state index in [1.807, 2.05) is 0 Å². The maximum absolute atomic E-state index is 5.95. The van der Waals surface area contributed by atoms with Crippen molar-refractivity contribution in [3.8, 4) is 0 Å². The average molecular weight is 230 g/mol. The van der Waals surface area contributed by atoms with Crippen LogP contribution in [0.4, 0.5) is 0 Å². The van der Waals surface area contributed by atoms with Gasteiger partial charge in [0.1, 0.15) is 0 Å². The highest BCUT2D eigenvalue weighted by atomic mass is 16.5. The molecule has 3 heteroatoms. The summed E-state index contributed by atoms with van der Waals surface area (Å²) in [7, 11) is 1.76. The van der Waals surface area contributed by atoms with E-state index in [0.717, 1.165) is 39.0 Å². The van der Waals surface area contributed by atoms with E-state index in [9.17, 15) is 0 Å². The van der Waals surface area contributed by atoms with E-state index in [0.29, 0.717) is 11.5 Å². The zero-order valence-corrected chi connectivity index (χ0v) is 11.5. The Morgan fingerprint density at radius 3 is 2.56 bits per heavy atom. The molecule has 0 radical (unpaired) electrons. The van der Waals surface area contributed by atoms with Crippen LogP contribution in [0.5, 0.6) is 0 Å². The lowest BCUT2D eigenvalue weighted by Gasteiger charge is -2.25. The molecular formula is C13H30N2O. The van der Waals surface area contributed by atoms with Gasteiger partial charge in [-0.25, -0.2) is 0 Å². The summed E-state index contributed by atoms with van der Waals surface area (Å²) >= 11 is 0. The van der Waals surface area contributed by atoms with Crippen molar-refractivity contribution < 1.29 is 4.74 Å². The Labute approximate surface area is 101 Å². The SMILES string of the molecule is CCCC(N)CCNCC(C)(C)CCOC. The van der Waals surface area contributed by atoms with Crippen LogP contribution < -0.4 is 11.1 Å². The van der Waals surface area contributed by atoms with Crippen molar-refractivity contribution in [1.82, 2.24) is 5.32 Å². The van der Waals surface area contributed by atoms with Crippen LogP contribution in [0.1, 0.15) is 46.5 Å². The molecule has 0 rings (SSSR count). The molecule has 16 heavy (non-hydrogen) atoms. The van der Waals surface area contributed by atoms with Crippen LogP contribution in [0.2, 0.25) is 0 Å². The fourth-order valence-corrected chi connectivity index (χ4v) is 1.70. The fourth-order valence-electron chi connectivity index (χ4n) is 1.70. The number of methoxy groups -OCH3 is 1. The van der Waals surface area contributed by atoms with Crippen molar-refractivity contribution in [2.45, 2.75) is 52.5 Å². The Balaban J connectivity index is 3.49. The number of rotatable bonds is 10. The van der Waals surface area contributed by atoms with Crippen molar-refractivity contribution in [2.75, 3.05) is 26.8 Å². The van der Waals surface area contributed by atoms with Crippen molar-refractivity contribution in [1.29, 1.82) is 0 Å². The van der Waals surface area contributed by atoms with Gasteiger partial charge in [-0.05, 0) is 31.2 Å². The third kappa shape index (κ3) is 9.13. The Bertz CT molecular complexity index is 160. The van der Waals surface area contributed by atoms with E-state index in [-0.39, 0.29) is 0 Å². The van der Waals surface area contributed by atoms with Gasteiger partial charge in [-0.15, -0.1) is 0 Å². The Hall–Kier alpha value is -0.120. The molecule has 0 saturated carbocycles. The molecule has 0 aliphatic carbocycles. The predicted molar refractivity (Wildman–Crippen MR) is 70.6 cm³/mol. The summed E-state index contributed by atoms with van der Waals surface area (Å²) in [5.74, 6) is 0. The zero-order chi connectivity index (χ0) is 12.4. The van der Waals surface area contributed by atoms with Crippen molar-refractivity contribution in [2.24, 2.45) is 11.1 Å². The van der Waals surface area contributed by atoms with E-state index in [2.05, 4.69) is 26.1 Å². The van der Waals surface area contributed by atoms with Crippen LogP contribution in [0.3, 0.4) is 0 Å². The zero-order valence-electron chi connectivity index (χ0n) is 11.5. The maximum Gasteiger partial charge on any atom is 0.0467 e. The highest BCUT2D eigenvalue weighted by Crippen LogP contribution is 2.18. The smallest absolute Gasteiger partial charge is 0.0467 e. The van der Waals surface area contributed by atoms with Gasteiger partial charge in [-0.3, -0.25) is 0 Å². The molecule has 0 aromatic heterocycles. The summed E-state index contributed by atoms with van der Waals surface area (Å²) in [4.78, 5) is 0. The van der Waals surface area contributed by atoms with Gasteiger partial charge in [0.15, 0.2) is 0 Å². The second-order valence-electron chi connectivity index (χ2n) is 5.42. The summed E-state index contributed by atoms with van der Waals surface area (Å²) in [5, 5.41) is 3.49. The quantitative estimate of drug-likeness (QED) is 0.565. The monoisotopic (exact) mass is 230 g/mol. The average Bonchev–Trinajstić information content (AvgIpc) is 2.22. The number of nitrogens with two attached hydrogens (primary N) is 1. The second-order valence-corrected chi connectivity index (χ2v) is 5.42. The minimum atomic E-state index is 0.310. The molecule has 98 valence electrons. The Kier molecular flexibility index (Phi) is 8.90. The fraction of sp³-hybridized carbons (Fsp3) is 1.00. The van der Waals surface area contributed by atoms with Gasteiger partial charge in [0, 0.05) is 26.3 Å². The molecule has 0 fully saturated rings. The second kappa shape index (κ2) is 8.97. The summed E-state index contributed by atoms with van der Waals surface area (Å²) in [5.41, 5.74) is 6.26. The molecule has 0 aliphatic rings. The summed E-state index contributed by atoms with van der Waals surface area (Å²) < 4.78 is 5.11. The number of hydrogen-bond donors (Lipinski definition) is 2. The molecule has 1 unspecified atom stereocenters. The van der Waals surface area contributed by atoms with E-state index < -0.39 is 0 Å². The van der Waals surface area contributed by atoms with Gasteiger partial charge in [0.2, 0.25) is 0 Å². The topological polar surface area (TPSA) is 47.3 Å². The highest BCUT2D eigenvalue weighted by Gasteiger charge is 2.16. The molecule has 0 amide bonds. The molecule has 0 aliphatic heterocycles. The lowest BCUT2D eigenvalue weighted by atomic mass is 9.89. The van der Waals surface area contributed by atoms with E-state index in [1.165, 1.54) is 6.42 Å². The Morgan fingerprint density at radius 2 is 2.00 bits per heavy atom. The van der Waals surface area contributed by atoms with Crippen molar-refractivity contribution in [3.63, 3.8) is 0 Å². The van der Waals surface area contributed by atoms with Crippen molar-refractivity contribution >= 4 is 0 Å². The minimum Gasteiger partial charge on any atom is -0.385 e. The number of nitrogens with one attached hydrogen (secondary N) is 1. The molecule has 3 nitrogen and oxygen atoms in total. The first-order chi connectivity index (χ1) is 7.52. The van der Waals surface area contributed by atoms with Gasteiger partial charge in [0.25, 0.3) is 0 Å². The first-order valence-corrected chi connectivity index (χ1v) is 6.47. The van der Waals surface area contributed by atoms with E-state index in [4.69, 9.17) is 10.5 Å². The minimum absolute atomic E-state index is 0.310. The number of ether oxygens (including phenoxy) is 1. The molecule has 3 N–H and O–H groups in total. The third-order valence-electron chi connectivity index (χ3n) is 2.94. The van der Waals surface area contributed by atoms with Crippen LogP contribution in [-0.2, 0) is 4.74 Å². The van der Waals surface area contributed by atoms with Gasteiger partial charge in [-0.2, -0.15) is 0 Å². The summed E-state index contributed by atoms with van der Waals surface area (Å²) in [6.45, 7) is 9.62. The van der Waals surface area contributed by atoms with Gasteiger partial charge in [0.05, 0.1) is 0 Å². The molecule has 0 saturated heterocycles. The first-order valence-electron chi connectivity index (χ1n) is 6.47. The van der Waals surface area contributed by atoms with Crippen LogP contribution in [-0.4, -0.2) is 32.8 Å². The normalized spacial score (nSPS) is 14.1. The van der Waals surface area contributed by atoms with Gasteiger partial charge >= 0.3 is 0 Å². The highest BCUT2D eigenvalue weighted by molar-refractivity contribution is 4.72. The third-order valence-corrected chi connectivity index (χ3v) is 2.94. The molecule has 0 spiro atoms. The first kappa shape index (κ1) is 15.9. The van der Waals surface area contributed by atoms with Gasteiger partial charge < -0.3 is 15.8 Å². The lowest BCUT2D eigenvalue weighted by molar-refractivity contribution is 0.150. The lowest BCUT2D eigenvalue weighted by Crippen LogP contribution is -2.33. The van der Waals surface area contributed by atoms with Crippen molar-refractivity contribution in [3.05, 3.63) is 0 Å². The molecule has 0 heterocycles. The largest absolute Gasteiger partial charge is 0.385 e. The van der Waals surface area contributed by atoms with Gasteiger partial charge in [-0.1, -0.05) is 27.2 Å². The molecule has 0 aromatic carbocycles. The molecular weight excluding hydrogens is 200 g/mol. The van der Waals surface area contributed by atoms with E-state index in [1.54, 1.807) is 7.11 Å². The molecule has 1 atom stereocenters. The Morgan fingerprint density at radius 1 is 1.31 bits per heavy atom. The molecule has 0 aromatic rings. The van der Waals surface area contributed by atoms with E-state index >= 15 is 0 Å². The summed E-state index contributed by atoms with van der Waals surface area (Å²) in [6, 6.07) is 0.361. The maximum atomic E-state index is 5.95. The summed E-state index contributed by atoms with van der Waals surface area (Å²) in [6.07, 6.45) is 4.49.